The van der Waals surface area contributed by atoms with Gasteiger partial charge in [0.2, 0.25) is 15.9 Å². The molecule has 1 aromatic heterocycles. The molecule has 0 aliphatic rings. The number of carbonyl (C=O) groups is 1. The van der Waals surface area contributed by atoms with Crippen LogP contribution >= 0.6 is 11.8 Å². The first-order valence-electron chi connectivity index (χ1n) is 8.95. The molecule has 29 heavy (non-hydrogen) atoms. The summed E-state index contributed by atoms with van der Waals surface area (Å²) in [5.74, 6) is 0.666. The summed E-state index contributed by atoms with van der Waals surface area (Å²) in [6.45, 7) is 0.324. The van der Waals surface area contributed by atoms with E-state index in [1.807, 2.05) is 42.5 Å². The minimum atomic E-state index is -3.19. The minimum Gasteiger partial charge on any atom is -0.416 e. The van der Waals surface area contributed by atoms with Gasteiger partial charge in [0, 0.05) is 12.1 Å². The molecule has 3 rings (SSSR count). The maximum atomic E-state index is 12.4. The Morgan fingerprint density at radius 1 is 1.03 bits per heavy atom. The van der Waals surface area contributed by atoms with Gasteiger partial charge in [0.1, 0.15) is 0 Å². The van der Waals surface area contributed by atoms with Gasteiger partial charge in [-0.05, 0) is 17.5 Å². The van der Waals surface area contributed by atoms with Crippen molar-refractivity contribution in [2.24, 2.45) is 0 Å². The second-order valence-electron chi connectivity index (χ2n) is 6.45. The molecule has 152 valence electrons. The standard InChI is InChI=1S/C20H21N3O4S2/c1-29(25,26)21-12-11-15-7-9-17(10-8-15)18(24)14-28-20-23-22-19(27-20)13-16-5-3-2-4-6-16/h2-10,21H,11-14H2,1H3. The number of nitrogens with zero attached hydrogens (tertiary/aromatic N) is 2. The zero-order chi connectivity index (χ0) is 20.7. The van der Waals surface area contributed by atoms with Gasteiger partial charge in [-0.1, -0.05) is 66.4 Å². The van der Waals surface area contributed by atoms with E-state index in [1.54, 1.807) is 12.1 Å². The lowest BCUT2D eigenvalue weighted by molar-refractivity contribution is 0.102. The Kier molecular flexibility index (Phi) is 7.18. The monoisotopic (exact) mass is 431 g/mol. The molecule has 3 aromatic rings. The lowest BCUT2D eigenvalue weighted by atomic mass is 10.1. The first-order chi connectivity index (χ1) is 13.9. The van der Waals surface area contributed by atoms with Gasteiger partial charge >= 0.3 is 0 Å². The van der Waals surface area contributed by atoms with E-state index in [0.717, 1.165) is 17.4 Å². The van der Waals surface area contributed by atoms with Crippen molar-refractivity contribution in [3.63, 3.8) is 0 Å². The number of sulfonamides is 1. The topological polar surface area (TPSA) is 102 Å². The van der Waals surface area contributed by atoms with Crippen molar-refractivity contribution in [3.05, 3.63) is 77.2 Å². The number of hydrogen-bond acceptors (Lipinski definition) is 7. The fraction of sp³-hybridized carbons (Fsp3) is 0.250. The van der Waals surface area contributed by atoms with Gasteiger partial charge in [-0.3, -0.25) is 4.79 Å². The predicted octanol–water partition coefficient (Wildman–Crippen LogP) is 2.73. The number of carbonyl (C=O) groups excluding carboxylic acids is 1. The molecule has 0 bridgehead atoms. The Bertz CT molecular complexity index is 1050. The van der Waals surface area contributed by atoms with E-state index in [0.29, 0.717) is 36.1 Å². The van der Waals surface area contributed by atoms with E-state index >= 15 is 0 Å². The molecule has 0 radical (unpaired) electrons. The van der Waals surface area contributed by atoms with Crippen LogP contribution in [0.5, 0.6) is 0 Å². The lowest BCUT2D eigenvalue weighted by Gasteiger charge is -2.04. The molecule has 0 saturated carbocycles. The fourth-order valence-electron chi connectivity index (χ4n) is 2.59. The van der Waals surface area contributed by atoms with Gasteiger partial charge in [-0.25, -0.2) is 13.1 Å². The van der Waals surface area contributed by atoms with Crippen molar-refractivity contribution in [1.29, 1.82) is 0 Å². The Balaban J connectivity index is 1.48. The summed E-state index contributed by atoms with van der Waals surface area (Å²) in [5, 5.41) is 8.37. The highest BCUT2D eigenvalue weighted by Crippen LogP contribution is 2.19. The summed E-state index contributed by atoms with van der Waals surface area (Å²) in [4.78, 5) is 12.4. The van der Waals surface area contributed by atoms with E-state index in [2.05, 4.69) is 14.9 Å². The Morgan fingerprint density at radius 2 is 1.76 bits per heavy atom. The molecule has 9 heteroatoms. The summed E-state index contributed by atoms with van der Waals surface area (Å²) in [6, 6.07) is 17.0. The first-order valence-corrected chi connectivity index (χ1v) is 11.8. The number of hydrogen-bond donors (Lipinski definition) is 1. The van der Waals surface area contributed by atoms with E-state index in [-0.39, 0.29) is 11.5 Å². The third kappa shape index (κ3) is 7.12. The van der Waals surface area contributed by atoms with Crippen molar-refractivity contribution in [2.75, 3.05) is 18.6 Å². The number of ketones is 1. The zero-order valence-corrected chi connectivity index (χ0v) is 17.5. The summed E-state index contributed by atoms with van der Waals surface area (Å²) in [6.07, 6.45) is 2.24. The number of rotatable bonds is 10. The molecule has 0 saturated heterocycles. The smallest absolute Gasteiger partial charge is 0.277 e. The van der Waals surface area contributed by atoms with E-state index in [9.17, 15) is 13.2 Å². The van der Waals surface area contributed by atoms with Crippen LogP contribution in [-0.4, -0.2) is 43.0 Å². The number of thioether (sulfide) groups is 1. The highest BCUT2D eigenvalue weighted by atomic mass is 32.2. The third-order valence-corrected chi connectivity index (χ3v) is 5.57. The minimum absolute atomic E-state index is 0.0429. The fourth-order valence-corrected chi connectivity index (χ4v) is 3.73. The van der Waals surface area contributed by atoms with Crippen LogP contribution in [0.15, 0.2) is 64.2 Å². The molecule has 2 aromatic carbocycles. The molecule has 0 aliphatic heterocycles. The van der Waals surface area contributed by atoms with Crippen LogP contribution in [0.1, 0.15) is 27.4 Å². The maximum Gasteiger partial charge on any atom is 0.277 e. The van der Waals surface area contributed by atoms with Gasteiger partial charge in [-0.15, -0.1) is 10.2 Å². The average molecular weight is 432 g/mol. The average Bonchev–Trinajstić information content (AvgIpc) is 3.14. The Morgan fingerprint density at radius 3 is 2.45 bits per heavy atom. The van der Waals surface area contributed by atoms with Gasteiger partial charge in [-0.2, -0.15) is 0 Å². The van der Waals surface area contributed by atoms with Crippen LogP contribution in [0, 0.1) is 0 Å². The third-order valence-electron chi connectivity index (χ3n) is 4.03. The van der Waals surface area contributed by atoms with Crippen molar-refractivity contribution < 1.29 is 17.6 Å². The van der Waals surface area contributed by atoms with Crippen molar-refractivity contribution in [1.82, 2.24) is 14.9 Å². The zero-order valence-electron chi connectivity index (χ0n) is 15.9. The molecule has 0 aliphatic carbocycles. The second-order valence-corrected chi connectivity index (χ2v) is 9.21. The molecule has 1 N–H and O–H groups in total. The molecule has 0 amide bonds. The van der Waals surface area contributed by atoms with Gasteiger partial charge in [0.15, 0.2) is 5.78 Å². The Labute approximate surface area is 174 Å². The quantitative estimate of drug-likeness (QED) is 0.389. The van der Waals surface area contributed by atoms with Gasteiger partial charge in [0.25, 0.3) is 5.22 Å². The molecule has 1 heterocycles. The maximum absolute atomic E-state index is 12.4. The molecular formula is C20H21N3O4S2. The Hall–Kier alpha value is -2.49. The van der Waals surface area contributed by atoms with E-state index < -0.39 is 10.0 Å². The SMILES string of the molecule is CS(=O)(=O)NCCc1ccc(C(=O)CSc2nnc(Cc3ccccc3)o2)cc1. The summed E-state index contributed by atoms with van der Waals surface area (Å²) in [7, 11) is -3.19. The van der Waals surface area contributed by atoms with Crippen LogP contribution < -0.4 is 4.72 Å². The highest BCUT2D eigenvalue weighted by molar-refractivity contribution is 7.99. The van der Waals surface area contributed by atoms with E-state index in [1.165, 1.54) is 11.8 Å². The molecular weight excluding hydrogens is 410 g/mol. The van der Waals surface area contributed by atoms with Gasteiger partial charge < -0.3 is 4.42 Å². The predicted molar refractivity (Wildman–Crippen MR) is 112 cm³/mol. The van der Waals surface area contributed by atoms with E-state index in [4.69, 9.17) is 4.42 Å². The first kappa shape index (κ1) is 21.2. The number of aromatic nitrogens is 2. The van der Waals surface area contributed by atoms with Crippen molar-refractivity contribution >= 4 is 27.6 Å². The summed E-state index contributed by atoms with van der Waals surface area (Å²) >= 11 is 1.21. The summed E-state index contributed by atoms with van der Waals surface area (Å²) in [5.41, 5.74) is 2.62. The van der Waals surface area contributed by atoms with Crippen molar-refractivity contribution in [3.8, 4) is 0 Å². The molecule has 7 nitrogen and oxygen atoms in total. The summed E-state index contributed by atoms with van der Waals surface area (Å²) < 4.78 is 30.2. The number of benzene rings is 2. The normalized spacial score (nSPS) is 11.5. The number of Topliss-reactive ketones (excluding diaryl/α,β-unsaturated/α-hetero) is 1. The van der Waals surface area contributed by atoms with Crippen LogP contribution in [0.25, 0.3) is 0 Å². The van der Waals surface area contributed by atoms with Crippen LogP contribution in [0.4, 0.5) is 0 Å². The molecule has 0 spiro atoms. The second kappa shape index (κ2) is 9.82. The molecule has 0 unspecified atom stereocenters. The lowest BCUT2D eigenvalue weighted by Crippen LogP contribution is -2.24. The van der Waals surface area contributed by atoms with Crippen LogP contribution in [0.2, 0.25) is 0 Å². The molecule has 0 fully saturated rings. The van der Waals surface area contributed by atoms with Crippen LogP contribution in [-0.2, 0) is 22.9 Å². The number of nitrogens with one attached hydrogen (secondary N) is 1. The van der Waals surface area contributed by atoms with Crippen molar-refractivity contribution in [2.45, 2.75) is 18.1 Å². The largest absolute Gasteiger partial charge is 0.416 e. The highest BCUT2D eigenvalue weighted by Gasteiger charge is 2.12. The molecule has 0 atom stereocenters. The van der Waals surface area contributed by atoms with Gasteiger partial charge in [0.05, 0.1) is 18.4 Å². The van der Waals surface area contributed by atoms with Crippen LogP contribution in [0.3, 0.4) is 0 Å².